The van der Waals surface area contributed by atoms with Gasteiger partial charge in [-0.15, -0.1) is 0 Å². The summed E-state index contributed by atoms with van der Waals surface area (Å²) in [6.07, 6.45) is 0.530. The summed E-state index contributed by atoms with van der Waals surface area (Å²) in [5.74, 6) is 1.68. The van der Waals surface area contributed by atoms with Gasteiger partial charge in [0.25, 0.3) is 0 Å². The van der Waals surface area contributed by atoms with E-state index in [0.717, 1.165) is 5.56 Å². The molecule has 0 saturated heterocycles. The van der Waals surface area contributed by atoms with E-state index in [1.807, 2.05) is 12.1 Å². The van der Waals surface area contributed by atoms with Crippen LogP contribution in [-0.2, 0) is 6.42 Å². The lowest BCUT2D eigenvalue weighted by Gasteiger charge is -2.04. The highest BCUT2D eigenvalue weighted by Crippen LogP contribution is 2.19. The smallest absolute Gasteiger partial charge is 0.228 e. The quantitative estimate of drug-likeness (QED) is 0.681. The van der Waals surface area contributed by atoms with Crippen molar-refractivity contribution in [3.63, 3.8) is 0 Å². The maximum Gasteiger partial charge on any atom is 0.228 e. The number of rotatable bonds is 5. The number of aromatic nitrogens is 4. The summed E-state index contributed by atoms with van der Waals surface area (Å²) in [6.45, 7) is 0.537. The molecule has 0 aliphatic carbocycles. The molecule has 7 nitrogen and oxygen atoms in total. The van der Waals surface area contributed by atoms with Crippen molar-refractivity contribution >= 4 is 35.0 Å². The lowest BCUT2D eigenvalue weighted by atomic mass is 10.2. The van der Waals surface area contributed by atoms with Crippen molar-refractivity contribution in [1.82, 2.24) is 20.1 Å². The summed E-state index contributed by atoms with van der Waals surface area (Å²) in [6, 6.07) is 8.81. The molecule has 0 bridgehead atoms. The number of nitrogens with two attached hydrogens (primary N) is 1. The molecule has 0 radical (unpaired) electrons. The van der Waals surface area contributed by atoms with E-state index in [4.69, 9.17) is 33.5 Å². The predicted molar refractivity (Wildman–Crippen MR) is 88.4 cm³/mol. The molecule has 3 N–H and O–H groups in total. The van der Waals surface area contributed by atoms with Crippen LogP contribution in [0.2, 0.25) is 10.2 Å². The summed E-state index contributed by atoms with van der Waals surface area (Å²) in [5, 5.41) is 7.95. The first-order chi connectivity index (χ1) is 11.1. The van der Waals surface area contributed by atoms with Crippen LogP contribution < -0.4 is 11.1 Å². The van der Waals surface area contributed by atoms with E-state index in [0.29, 0.717) is 35.5 Å². The van der Waals surface area contributed by atoms with Gasteiger partial charge in [-0.2, -0.15) is 9.97 Å². The average molecular weight is 351 g/mol. The highest BCUT2D eigenvalue weighted by atomic mass is 35.5. The van der Waals surface area contributed by atoms with Crippen LogP contribution in [0.3, 0.4) is 0 Å². The molecule has 23 heavy (non-hydrogen) atoms. The van der Waals surface area contributed by atoms with E-state index in [2.05, 4.69) is 25.4 Å². The van der Waals surface area contributed by atoms with Crippen LogP contribution in [0.25, 0.3) is 11.4 Å². The Bertz CT molecular complexity index is 785. The lowest BCUT2D eigenvalue weighted by Crippen LogP contribution is -2.08. The molecular formula is C14H12Cl2N6O. The molecule has 2 heterocycles. The maximum atomic E-state index is 5.85. The second-order valence-electron chi connectivity index (χ2n) is 4.63. The molecule has 9 heteroatoms. The fourth-order valence-corrected chi connectivity index (χ4v) is 2.21. The number of hydrogen-bond donors (Lipinski definition) is 2. The molecule has 0 atom stereocenters. The maximum absolute atomic E-state index is 5.85. The topological polar surface area (TPSA) is 103 Å². The van der Waals surface area contributed by atoms with Crippen LogP contribution in [0.15, 0.2) is 34.9 Å². The highest BCUT2D eigenvalue weighted by molar-refractivity contribution is 6.30. The molecule has 0 fully saturated rings. The van der Waals surface area contributed by atoms with Crippen molar-refractivity contribution in [1.29, 1.82) is 0 Å². The van der Waals surface area contributed by atoms with Gasteiger partial charge in [0.1, 0.15) is 11.0 Å². The van der Waals surface area contributed by atoms with Gasteiger partial charge in [0.15, 0.2) is 0 Å². The molecule has 0 amide bonds. The summed E-state index contributed by atoms with van der Waals surface area (Å²) >= 11 is 11.7. The monoisotopic (exact) mass is 350 g/mol. The predicted octanol–water partition coefficient (Wildman–Crippen LogP) is 3.07. The molecule has 1 aromatic carbocycles. The van der Waals surface area contributed by atoms with E-state index >= 15 is 0 Å². The fourth-order valence-electron chi connectivity index (χ4n) is 1.90. The molecule has 0 spiro atoms. The number of halogens is 2. The average Bonchev–Trinajstić information content (AvgIpc) is 2.96. The minimum atomic E-state index is 0.114. The number of hydrogen-bond acceptors (Lipinski definition) is 7. The van der Waals surface area contributed by atoms with Crippen LogP contribution in [0, 0.1) is 0 Å². The normalized spacial score (nSPS) is 10.7. The first-order valence-corrected chi connectivity index (χ1v) is 7.48. The molecule has 3 rings (SSSR count). The van der Waals surface area contributed by atoms with Crippen molar-refractivity contribution < 1.29 is 4.52 Å². The van der Waals surface area contributed by atoms with E-state index in [1.165, 1.54) is 0 Å². The molecule has 3 aromatic rings. The van der Waals surface area contributed by atoms with Gasteiger partial charge in [-0.3, -0.25) is 0 Å². The van der Waals surface area contributed by atoms with Gasteiger partial charge in [-0.05, 0) is 24.3 Å². The summed E-state index contributed by atoms with van der Waals surface area (Å²) in [7, 11) is 0. The molecule has 0 aliphatic heterocycles. The van der Waals surface area contributed by atoms with Crippen molar-refractivity contribution in [2.24, 2.45) is 0 Å². The Hall–Kier alpha value is -2.38. The minimum absolute atomic E-state index is 0.114. The van der Waals surface area contributed by atoms with Gasteiger partial charge in [-0.1, -0.05) is 28.4 Å². The van der Waals surface area contributed by atoms with Crippen LogP contribution in [0.4, 0.5) is 11.8 Å². The Labute approximate surface area is 141 Å². The van der Waals surface area contributed by atoms with Gasteiger partial charge in [0.2, 0.25) is 17.7 Å². The SMILES string of the molecule is Nc1nc(Cl)cc(NCCc2nc(-c3ccc(Cl)cc3)no2)n1. The zero-order valence-electron chi connectivity index (χ0n) is 11.8. The van der Waals surface area contributed by atoms with Crippen molar-refractivity contribution in [3.05, 3.63) is 46.4 Å². The Balaban J connectivity index is 1.60. The van der Waals surface area contributed by atoms with Gasteiger partial charge < -0.3 is 15.6 Å². The van der Waals surface area contributed by atoms with Crippen LogP contribution in [0.5, 0.6) is 0 Å². The Morgan fingerprint density at radius 1 is 1.09 bits per heavy atom. The van der Waals surface area contributed by atoms with Crippen LogP contribution in [0.1, 0.15) is 5.89 Å². The first-order valence-electron chi connectivity index (χ1n) is 6.72. The summed E-state index contributed by atoms with van der Waals surface area (Å²) in [5.41, 5.74) is 6.36. The van der Waals surface area contributed by atoms with E-state index < -0.39 is 0 Å². The van der Waals surface area contributed by atoms with Crippen molar-refractivity contribution in [2.45, 2.75) is 6.42 Å². The summed E-state index contributed by atoms with van der Waals surface area (Å²) < 4.78 is 5.22. The van der Waals surface area contributed by atoms with Crippen molar-refractivity contribution in [2.75, 3.05) is 17.6 Å². The second-order valence-corrected chi connectivity index (χ2v) is 5.45. The molecule has 0 saturated carbocycles. The number of nitrogens with zero attached hydrogens (tertiary/aromatic N) is 4. The zero-order chi connectivity index (χ0) is 16.2. The number of nitrogens with one attached hydrogen (secondary N) is 1. The zero-order valence-corrected chi connectivity index (χ0v) is 13.3. The van der Waals surface area contributed by atoms with E-state index in [-0.39, 0.29) is 11.1 Å². The Morgan fingerprint density at radius 3 is 2.61 bits per heavy atom. The van der Waals surface area contributed by atoms with Gasteiger partial charge in [0, 0.05) is 29.6 Å². The third-order valence-corrected chi connectivity index (χ3v) is 3.37. The standard InChI is InChI=1S/C14H12Cl2N6O/c15-9-3-1-8(2-4-9)13-21-12(23-22-13)5-6-18-11-7-10(16)19-14(17)20-11/h1-4,7H,5-6H2,(H3,17,18,19,20). The molecule has 0 unspecified atom stereocenters. The molecule has 0 aliphatic rings. The van der Waals surface area contributed by atoms with Gasteiger partial charge >= 0.3 is 0 Å². The Kier molecular flexibility index (Phi) is 4.59. The molecule has 2 aromatic heterocycles. The van der Waals surface area contributed by atoms with Crippen molar-refractivity contribution in [3.8, 4) is 11.4 Å². The van der Waals surface area contributed by atoms with E-state index in [9.17, 15) is 0 Å². The largest absolute Gasteiger partial charge is 0.369 e. The summed E-state index contributed by atoms with van der Waals surface area (Å²) in [4.78, 5) is 12.1. The van der Waals surface area contributed by atoms with E-state index in [1.54, 1.807) is 18.2 Å². The third kappa shape index (κ3) is 4.08. The number of anilines is 2. The highest BCUT2D eigenvalue weighted by Gasteiger charge is 2.08. The first kappa shape index (κ1) is 15.5. The van der Waals surface area contributed by atoms with Crippen LogP contribution >= 0.6 is 23.2 Å². The lowest BCUT2D eigenvalue weighted by molar-refractivity contribution is 0.381. The fraction of sp³-hybridized carbons (Fsp3) is 0.143. The Morgan fingerprint density at radius 2 is 1.87 bits per heavy atom. The van der Waals surface area contributed by atoms with Crippen LogP contribution in [-0.4, -0.2) is 26.7 Å². The third-order valence-electron chi connectivity index (χ3n) is 2.93. The van der Waals surface area contributed by atoms with Gasteiger partial charge in [-0.25, -0.2) is 4.98 Å². The molecule has 118 valence electrons. The van der Waals surface area contributed by atoms with Gasteiger partial charge in [0.05, 0.1) is 0 Å². The molecular weight excluding hydrogens is 339 g/mol. The number of nitrogen functional groups attached to an aromatic ring is 1. The second kappa shape index (κ2) is 6.80. The minimum Gasteiger partial charge on any atom is -0.369 e. The number of benzene rings is 1.